The normalized spacial score (nSPS) is 17.3. The van der Waals surface area contributed by atoms with Crippen LogP contribution in [0, 0.1) is 11.8 Å². The monoisotopic (exact) mass is 289 g/mol. The van der Waals surface area contributed by atoms with Crippen molar-refractivity contribution in [2.75, 3.05) is 13.1 Å². The van der Waals surface area contributed by atoms with Gasteiger partial charge in [0.25, 0.3) is 0 Å². The number of rotatable bonds is 6. The summed E-state index contributed by atoms with van der Waals surface area (Å²) in [5, 5.41) is 8.91. The number of carboxylic acids is 1. The molecule has 116 valence electrons. The Morgan fingerprint density at radius 1 is 1.24 bits per heavy atom. The fourth-order valence-corrected chi connectivity index (χ4v) is 3.01. The van der Waals surface area contributed by atoms with Crippen LogP contribution >= 0.6 is 0 Å². The fraction of sp³-hybridized carbons (Fsp3) is 0.611. The van der Waals surface area contributed by atoms with Crippen molar-refractivity contribution in [1.82, 2.24) is 4.90 Å². The Balaban J connectivity index is 1.76. The maximum Gasteiger partial charge on any atom is 0.335 e. The lowest BCUT2D eigenvalue weighted by Gasteiger charge is -2.32. The van der Waals surface area contributed by atoms with E-state index < -0.39 is 5.97 Å². The van der Waals surface area contributed by atoms with Crippen molar-refractivity contribution in [2.45, 2.75) is 46.1 Å². The van der Waals surface area contributed by atoms with Crippen LogP contribution in [0.5, 0.6) is 0 Å². The molecule has 0 unspecified atom stereocenters. The smallest absolute Gasteiger partial charge is 0.335 e. The molecule has 0 aliphatic carbocycles. The van der Waals surface area contributed by atoms with E-state index in [1.54, 1.807) is 12.1 Å². The molecule has 21 heavy (non-hydrogen) atoms. The van der Waals surface area contributed by atoms with Crippen molar-refractivity contribution < 1.29 is 9.90 Å². The molecule has 1 N–H and O–H groups in total. The minimum absolute atomic E-state index is 0.367. The lowest BCUT2D eigenvalue weighted by atomic mass is 9.89. The molecule has 2 rings (SSSR count). The quantitative estimate of drug-likeness (QED) is 0.859. The predicted octanol–water partition coefficient (Wildman–Crippen LogP) is 4.03. The van der Waals surface area contributed by atoms with E-state index in [1.165, 1.54) is 44.3 Å². The van der Waals surface area contributed by atoms with Crippen molar-refractivity contribution in [3.05, 3.63) is 35.4 Å². The van der Waals surface area contributed by atoms with E-state index in [2.05, 4.69) is 18.7 Å². The standard InChI is InChI=1S/C18H27NO2/c1-14(2)3-4-15-9-11-19(12-10-15)13-16-5-7-17(8-6-16)18(20)21/h5-8,14-15H,3-4,9-13H2,1-2H3,(H,20,21). The summed E-state index contributed by atoms with van der Waals surface area (Å²) in [6.07, 6.45) is 5.33. The molecule has 0 atom stereocenters. The van der Waals surface area contributed by atoms with E-state index >= 15 is 0 Å². The summed E-state index contributed by atoms with van der Waals surface area (Å²) in [7, 11) is 0. The van der Waals surface area contributed by atoms with Crippen LogP contribution in [0.4, 0.5) is 0 Å². The molecule has 0 radical (unpaired) electrons. The third-order valence-electron chi connectivity index (χ3n) is 4.47. The average molecular weight is 289 g/mol. The Kier molecular flexibility index (Phi) is 5.80. The molecular weight excluding hydrogens is 262 g/mol. The Morgan fingerprint density at radius 2 is 1.86 bits per heavy atom. The molecule has 1 fully saturated rings. The third-order valence-corrected chi connectivity index (χ3v) is 4.47. The van der Waals surface area contributed by atoms with Crippen LogP contribution in [0.3, 0.4) is 0 Å². The first-order valence-corrected chi connectivity index (χ1v) is 8.09. The van der Waals surface area contributed by atoms with Gasteiger partial charge in [0.1, 0.15) is 0 Å². The summed E-state index contributed by atoms with van der Waals surface area (Å²) < 4.78 is 0. The number of carboxylic acid groups (broad SMARTS) is 1. The highest BCUT2D eigenvalue weighted by molar-refractivity contribution is 5.87. The maximum absolute atomic E-state index is 10.8. The molecule has 1 aromatic carbocycles. The Labute approximate surface area is 128 Å². The largest absolute Gasteiger partial charge is 0.478 e. The van der Waals surface area contributed by atoms with Gasteiger partial charge in [-0.05, 0) is 55.5 Å². The van der Waals surface area contributed by atoms with Gasteiger partial charge in [-0.1, -0.05) is 38.8 Å². The van der Waals surface area contributed by atoms with E-state index in [1.807, 2.05) is 12.1 Å². The van der Waals surface area contributed by atoms with Gasteiger partial charge in [0.15, 0.2) is 0 Å². The van der Waals surface area contributed by atoms with Gasteiger partial charge in [-0.2, -0.15) is 0 Å². The predicted molar refractivity (Wildman–Crippen MR) is 85.5 cm³/mol. The minimum atomic E-state index is -0.854. The zero-order valence-electron chi connectivity index (χ0n) is 13.2. The van der Waals surface area contributed by atoms with E-state index in [0.717, 1.165) is 18.4 Å². The number of likely N-dealkylation sites (tertiary alicyclic amines) is 1. The lowest BCUT2D eigenvalue weighted by Crippen LogP contribution is -2.33. The number of piperidine rings is 1. The van der Waals surface area contributed by atoms with Crippen LogP contribution in [-0.4, -0.2) is 29.1 Å². The molecule has 0 amide bonds. The Hall–Kier alpha value is -1.35. The van der Waals surface area contributed by atoms with Gasteiger partial charge >= 0.3 is 5.97 Å². The van der Waals surface area contributed by atoms with Crippen molar-refractivity contribution in [3.63, 3.8) is 0 Å². The first kappa shape index (κ1) is 16.0. The second-order valence-corrected chi connectivity index (χ2v) is 6.69. The van der Waals surface area contributed by atoms with Gasteiger partial charge in [-0.3, -0.25) is 4.90 Å². The highest BCUT2D eigenvalue weighted by Gasteiger charge is 2.19. The highest BCUT2D eigenvalue weighted by atomic mass is 16.4. The average Bonchev–Trinajstić information content (AvgIpc) is 2.47. The Morgan fingerprint density at radius 3 is 2.38 bits per heavy atom. The van der Waals surface area contributed by atoms with Gasteiger partial charge in [0.05, 0.1) is 5.56 Å². The summed E-state index contributed by atoms with van der Waals surface area (Å²) in [6.45, 7) is 7.88. The highest BCUT2D eigenvalue weighted by Crippen LogP contribution is 2.24. The number of hydrogen-bond acceptors (Lipinski definition) is 2. The second-order valence-electron chi connectivity index (χ2n) is 6.69. The minimum Gasteiger partial charge on any atom is -0.478 e. The number of benzene rings is 1. The number of carbonyl (C=O) groups is 1. The second kappa shape index (κ2) is 7.60. The van der Waals surface area contributed by atoms with Gasteiger partial charge in [-0.15, -0.1) is 0 Å². The van der Waals surface area contributed by atoms with E-state index in [4.69, 9.17) is 5.11 Å². The number of aromatic carboxylic acids is 1. The lowest BCUT2D eigenvalue weighted by molar-refractivity contribution is 0.0697. The molecule has 0 saturated carbocycles. The Bertz CT molecular complexity index is 445. The topological polar surface area (TPSA) is 40.5 Å². The molecule has 0 bridgehead atoms. The van der Waals surface area contributed by atoms with E-state index in [9.17, 15) is 4.79 Å². The van der Waals surface area contributed by atoms with E-state index in [-0.39, 0.29) is 0 Å². The van der Waals surface area contributed by atoms with Crippen LogP contribution in [0.15, 0.2) is 24.3 Å². The third kappa shape index (κ3) is 5.16. The van der Waals surface area contributed by atoms with Crippen molar-refractivity contribution in [2.24, 2.45) is 11.8 Å². The molecule has 0 aromatic heterocycles. The SMILES string of the molecule is CC(C)CCC1CCN(Cc2ccc(C(=O)O)cc2)CC1. The van der Waals surface area contributed by atoms with Gasteiger partial charge in [0, 0.05) is 6.54 Å². The number of nitrogens with zero attached hydrogens (tertiary/aromatic N) is 1. The molecule has 3 nitrogen and oxygen atoms in total. The molecular formula is C18H27NO2. The molecule has 1 aliphatic heterocycles. The maximum atomic E-state index is 10.8. The van der Waals surface area contributed by atoms with Gasteiger partial charge in [0.2, 0.25) is 0 Å². The zero-order valence-corrected chi connectivity index (χ0v) is 13.2. The van der Waals surface area contributed by atoms with Crippen LogP contribution < -0.4 is 0 Å². The first-order chi connectivity index (χ1) is 10.0. The molecule has 1 aliphatic rings. The number of hydrogen-bond donors (Lipinski definition) is 1. The van der Waals surface area contributed by atoms with Crippen molar-refractivity contribution >= 4 is 5.97 Å². The van der Waals surface area contributed by atoms with Crippen molar-refractivity contribution in [3.8, 4) is 0 Å². The summed E-state index contributed by atoms with van der Waals surface area (Å²) in [5.74, 6) is 0.862. The fourth-order valence-electron chi connectivity index (χ4n) is 3.01. The molecule has 0 spiro atoms. The van der Waals surface area contributed by atoms with E-state index in [0.29, 0.717) is 5.56 Å². The van der Waals surface area contributed by atoms with Crippen LogP contribution in [-0.2, 0) is 6.54 Å². The van der Waals surface area contributed by atoms with Crippen LogP contribution in [0.25, 0.3) is 0 Å². The molecule has 1 heterocycles. The van der Waals surface area contributed by atoms with Gasteiger partial charge in [-0.25, -0.2) is 4.79 Å². The summed E-state index contributed by atoms with van der Waals surface area (Å²) >= 11 is 0. The van der Waals surface area contributed by atoms with Crippen LogP contribution in [0.2, 0.25) is 0 Å². The van der Waals surface area contributed by atoms with Crippen molar-refractivity contribution in [1.29, 1.82) is 0 Å². The summed E-state index contributed by atoms with van der Waals surface area (Å²) in [4.78, 5) is 13.3. The molecule has 3 heteroatoms. The van der Waals surface area contributed by atoms with Gasteiger partial charge < -0.3 is 5.11 Å². The molecule has 1 saturated heterocycles. The summed E-state index contributed by atoms with van der Waals surface area (Å²) in [6, 6.07) is 7.28. The first-order valence-electron chi connectivity index (χ1n) is 8.09. The zero-order chi connectivity index (χ0) is 15.2. The molecule has 1 aromatic rings. The summed E-state index contributed by atoms with van der Waals surface area (Å²) in [5.41, 5.74) is 1.58. The van der Waals surface area contributed by atoms with Crippen LogP contribution in [0.1, 0.15) is 55.5 Å².